The van der Waals surface area contributed by atoms with Gasteiger partial charge in [0.1, 0.15) is 21.5 Å². The SMILES string of the molecule is CCOC(=O)c1c(C)nc2sc(C#N)c(N=CN(C)C)c2c1-c1ccc(C)cc1. The fourth-order valence-electron chi connectivity index (χ4n) is 3.06. The number of carbonyl (C=O) groups excluding carboxylic acids is 1. The molecule has 0 spiro atoms. The van der Waals surface area contributed by atoms with Crippen molar-refractivity contribution in [1.29, 1.82) is 5.26 Å². The Morgan fingerprint density at radius 3 is 2.59 bits per heavy atom. The molecule has 1 aromatic carbocycles. The van der Waals surface area contributed by atoms with E-state index in [1.54, 1.807) is 25.1 Å². The van der Waals surface area contributed by atoms with Crippen LogP contribution in [-0.2, 0) is 4.74 Å². The van der Waals surface area contributed by atoms with Crippen molar-refractivity contribution in [2.45, 2.75) is 20.8 Å². The number of nitrogens with zero attached hydrogens (tertiary/aromatic N) is 4. The van der Waals surface area contributed by atoms with Crippen molar-refractivity contribution in [2.24, 2.45) is 4.99 Å². The Morgan fingerprint density at radius 1 is 1.31 bits per heavy atom. The van der Waals surface area contributed by atoms with Gasteiger partial charge in [-0.3, -0.25) is 0 Å². The van der Waals surface area contributed by atoms with Gasteiger partial charge in [-0.15, -0.1) is 11.3 Å². The zero-order valence-electron chi connectivity index (χ0n) is 17.1. The van der Waals surface area contributed by atoms with Crippen LogP contribution in [0.5, 0.6) is 0 Å². The third kappa shape index (κ3) is 3.98. The minimum atomic E-state index is -0.428. The highest BCUT2D eigenvalue weighted by atomic mass is 32.1. The average molecular weight is 407 g/mol. The number of aliphatic imine (C=N–C) groups is 1. The van der Waals surface area contributed by atoms with E-state index in [4.69, 9.17) is 4.74 Å². The van der Waals surface area contributed by atoms with Gasteiger partial charge in [0.05, 0.1) is 24.2 Å². The van der Waals surface area contributed by atoms with E-state index in [-0.39, 0.29) is 6.61 Å². The number of benzene rings is 1. The lowest BCUT2D eigenvalue weighted by molar-refractivity contribution is 0.0526. The van der Waals surface area contributed by atoms with E-state index in [1.807, 2.05) is 45.3 Å². The highest BCUT2D eigenvalue weighted by Gasteiger charge is 2.26. The van der Waals surface area contributed by atoms with E-state index in [0.29, 0.717) is 37.6 Å². The molecular formula is C22H22N4O2S. The van der Waals surface area contributed by atoms with Crippen molar-refractivity contribution in [3.8, 4) is 17.2 Å². The minimum Gasteiger partial charge on any atom is -0.462 e. The number of nitriles is 1. The van der Waals surface area contributed by atoms with Gasteiger partial charge in [-0.2, -0.15) is 5.26 Å². The Morgan fingerprint density at radius 2 is 2.00 bits per heavy atom. The highest BCUT2D eigenvalue weighted by molar-refractivity contribution is 7.20. The molecule has 0 fully saturated rings. The van der Waals surface area contributed by atoms with Crippen LogP contribution in [0.4, 0.5) is 5.69 Å². The summed E-state index contributed by atoms with van der Waals surface area (Å²) in [5, 5.41) is 10.4. The summed E-state index contributed by atoms with van der Waals surface area (Å²) in [6.07, 6.45) is 1.64. The summed E-state index contributed by atoms with van der Waals surface area (Å²) in [6.45, 7) is 5.84. The fourth-order valence-corrected chi connectivity index (χ4v) is 4.04. The quantitative estimate of drug-likeness (QED) is 0.344. The van der Waals surface area contributed by atoms with Crippen LogP contribution < -0.4 is 0 Å². The second kappa shape index (κ2) is 8.41. The zero-order valence-corrected chi connectivity index (χ0v) is 17.9. The van der Waals surface area contributed by atoms with Gasteiger partial charge in [0, 0.05) is 25.0 Å². The number of aryl methyl sites for hydroxylation is 2. The standard InChI is InChI=1S/C22H22N4O2S/c1-6-28-22(27)17-14(3)25-21-19(18(17)15-9-7-13(2)8-10-15)20(16(11-23)29-21)24-12-26(4)5/h7-10,12H,6H2,1-5H3. The third-order valence-electron chi connectivity index (χ3n) is 4.33. The third-order valence-corrected chi connectivity index (χ3v) is 5.31. The minimum absolute atomic E-state index is 0.266. The van der Waals surface area contributed by atoms with E-state index in [9.17, 15) is 10.1 Å². The number of fused-ring (bicyclic) bond motifs is 1. The molecule has 148 valence electrons. The van der Waals surface area contributed by atoms with Gasteiger partial charge in [-0.25, -0.2) is 14.8 Å². The van der Waals surface area contributed by atoms with Crippen LogP contribution in [0.25, 0.3) is 21.3 Å². The molecule has 0 aliphatic heterocycles. The number of aromatic nitrogens is 1. The molecule has 0 saturated heterocycles. The summed E-state index contributed by atoms with van der Waals surface area (Å²) in [4.78, 5) is 24.9. The predicted octanol–water partition coefficient (Wildman–Crippen LogP) is 4.85. The summed E-state index contributed by atoms with van der Waals surface area (Å²) in [7, 11) is 3.72. The van der Waals surface area contributed by atoms with Crippen molar-refractivity contribution in [1.82, 2.24) is 9.88 Å². The molecule has 0 amide bonds. The van der Waals surface area contributed by atoms with Gasteiger partial charge >= 0.3 is 5.97 Å². The second-order valence-electron chi connectivity index (χ2n) is 6.81. The summed E-state index contributed by atoms with van der Waals surface area (Å²) in [5.41, 5.74) is 4.18. The second-order valence-corrected chi connectivity index (χ2v) is 7.81. The summed E-state index contributed by atoms with van der Waals surface area (Å²) in [5.74, 6) is -0.428. The molecule has 0 unspecified atom stereocenters. The Balaban J connectivity index is 2.47. The molecular weight excluding hydrogens is 384 g/mol. The maximum atomic E-state index is 12.9. The molecule has 0 bridgehead atoms. The van der Waals surface area contributed by atoms with E-state index < -0.39 is 5.97 Å². The first-order chi connectivity index (χ1) is 13.9. The first kappa shape index (κ1) is 20.5. The Kier molecular flexibility index (Phi) is 5.95. The molecule has 7 heteroatoms. The van der Waals surface area contributed by atoms with Crippen molar-refractivity contribution in [3.63, 3.8) is 0 Å². The molecule has 0 radical (unpaired) electrons. The van der Waals surface area contributed by atoms with Crippen LogP contribution in [0, 0.1) is 25.2 Å². The molecule has 0 aliphatic carbocycles. The van der Waals surface area contributed by atoms with Crippen molar-refractivity contribution in [2.75, 3.05) is 20.7 Å². The molecule has 3 rings (SSSR count). The fraction of sp³-hybridized carbons (Fsp3) is 0.273. The number of hydrogen-bond acceptors (Lipinski definition) is 6. The normalized spacial score (nSPS) is 11.0. The molecule has 0 saturated carbocycles. The van der Waals surface area contributed by atoms with E-state index >= 15 is 0 Å². The maximum Gasteiger partial charge on any atom is 0.340 e. The van der Waals surface area contributed by atoms with Crippen molar-refractivity contribution < 1.29 is 9.53 Å². The molecule has 2 heterocycles. The topological polar surface area (TPSA) is 78.6 Å². The molecule has 0 N–H and O–H groups in total. The molecule has 3 aromatic rings. The number of esters is 1. The molecule has 0 atom stereocenters. The molecule has 29 heavy (non-hydrogen) atoms. The summed E-state index contributed by atoms with van der Waals surface area (Å²) >= 11 is 1.28. The number of thiophene rings is 1. The van der Waals surface area contributed by atoms with Crippen molar-refractivity contribution in [3.05, 3.63) is 46.0 Å². The van der Waals surface area contributed by atoms with Crippen LogP contribution in [0.3, 0.4) is 0 Å². The molecule has 6 nitrogen and oxygen atoms in total. The van der Waals surface area contributed by atoms with E-state index in [1.165, 1.54) is 11.3 Å². The Labute approximate surface area is 174 Å². The van der Waals surface area contributed by atoms with Gasteiger partial charge < -0.3 is 9.64 Å². The summed E-state index contributed by atoms with van der Waals surface area (Å²) < 4.78 is 5.33. The number of pyridine rings is 1. The summed E-state index contributed by atoms with van der Waals surface area (Å²) in [6, 6.07) is 10.1. The lowest BCUT2D eigenvalue weighted by Gasteiger charge is -2.14. The number of hydrogen-bond donors (Lipinski definition) is 0. The van der Waals surface area contributed by atoms with Crippen LogP contribution >= 0.6 is 11.3 Å². The van der Waals surface area contributed by atoms with Gasteiger partial charge in [0.25, 0.3) is 0 Å². The van der Waals surface area contributed by atoms with Gasteiger partial charge in [0.15, 0.2) is 0 Å². The van der Waals surface area contributed by atoms with Crippen LogP contribution in [0.1, 0.15) is 33.4 Å². The zero-order chi connectivity index (χ0) is 21.1. The number of ether oxygens (including phenoxy) is 1. The van der Waals surface area contributed by atoms with Gasteiger partial charge in [-0.05, 0) is 26.3 Å². The van der Waals surface area contributed by atoms with Crippen LogP contribution in [0.2, 0.25) is 0 Å². The Hall–Kier alpha value is -3.24. The first-order valence-corrected chi connectivity index (χ1v) is 10.0. The van der Waals surface area contributed by atoms with Crippen LogP contribution in [0.15, 0.2) is 29.3 Å². The highest BCUT2D eigenvalue weighted by Crippen LogP contribution is 2.44. The van der Waals surface area contributed by atoms with E-state index in [0.717, 1.165) is 11.1 Å². The van der Waals surface area contributed by atoms with Gasteiger partial charge in [-0.1, -0.05) is 29.8 Å². The maximum absolute atomic E-state index is 12.9. The smallest absolute Gasteiger partial charge is 0.340 e. The van der Waals surface area contributed by atoms with Crippen LogP contribution in [-0.4, -0.2) is 42.9 Å². The van der Waals surface area contributed by atoms with E-state index in [2.05, 4.69) is 16.0 Å². The first-order valence-electron chi connectivity index (χ1n) is 9.19. The molecule has 0 aliphatic rings. The average Bonchev–Trinajstić information content (AvgIpc) is 3.03. The number of rotatable bonds is 5. The monoisotopic (exact) mass is 406 g/mol. The molecule has 2 aromatic heterocycles. The predicted molar refractivity (Wildman–Crippen MR) is 117 cm³/mol. The largest absolute Gasteiger partial charge is 0.462 e. The lowest BCUT2D eigenvalue weighted by Crippen LogP contribution is -2.10. The van der Waals surface area contributed by atoms with Crippen molar-refractivity contribution >= 4 is 39.5 Å². The lowest BCUT2D eigenvalue weighted by atomic mass is 9.94. The Bertz CT molecular complexity index is 1140. The van der Waals surface area contributed by atoms with Gasteiger partial charge in [0.2, 0.25) is 0 Å². The number of carbonyl (C=O) groups is 1.